The van der Waals surface area contributed by atoms with E-state index in [1.807, 2.05) is 42.5 Å². The fourth-order valence-electron chi connectivity index (χ4n) is 3.88. The van der Waals surface area contributed by atoms with E-state index in [0.717, 1.165) is 11.1 Å². The van der Waals surface area contributed by atoms with Crippen molar-refractivity contribution in [2.24, 2.45) is 0 Å². The Labute approximate surface area is 173 Å². The van der Waals surface area contributed by atoms with E-state index in [1.165, 1.54) is 0 Å². The molecule has 4 aromatic carbocycles. The highest BCUT2D eigenvalue weighted by molar-refractivity contribution is 6.28. The number of hydrogen-bond donors (Lipinski definition) is 0. The van der Waals surface area contributed by atoms with Crippen molar-refractivity contribution in [1.82, 2.24) is 0 Å². The van der Waals surface area contributed by atoms with Crippen molar-refractivity contribution in [3.05, 3.63) is 130 Å². The van der Waals surface area contributed by atoms with Crippen LogP contribution in [0.3, 0.4) is 0 Å². The van der Waals surface area contributed by atoms with Gasteiger partial charge in [-0.1, -0.05) is 78.9 Å². The Balaban J connectivity index is 1.56. The Kier molecular flexibility index (Phi) is 4.22. The second kappa shape index (κ2) is 7.05. The molecule has 0 radical (unpaired) electrons. The van der Waals surface area contributed by atoms with Gasteiger partial charge in [-0.15, -0.1) is 0 Å². The molecule has 0 aromatic heterocycles. The molecule has 0 saturated carbocycles. The summed E-state index contributed by atoms with van der Waals surface area (Å²) >= 11 is 0. The first-order chi connectivity index (χ1) is 14.6. The number of ketones is 3. The van der Waals surface area contributed by atoms with Crippen molar-refractivity contribution in [3.63, 3.8) is 0 Å². The molecule has 0 bridgehead atoms. The van der Waals surface area contributed by atoms with Gasteiger partial charge in [0.25, 0.3) is 0 Å². The summed E-state index contributed by atoms with van der Waals surface area (Å²) in [7, 11) is 0. The topological polar surface area (TPSA) is 51.2 Å². The lowest BCUT2D eigenvalue weighted by Crippen LogP contribution is -2.20. The van der Waals surface area contributed by atoms with E-state index in [-0.39, 0.29) is 17.3 Å². The first-order valence-corrected chi connectivity index (χ1v) is 9.66. The second-order valence-corrected chi connectivity index (χ2v) is 7.24. The largest absolute Gasteiger partial charge is 0.289 e. The minimum Gasteiger partial charge on any atom is -0.289 e. The first kappa shape index (κ1) is 18.0. The lowest BCUT2D eigenvalue weighted by Gasteiger charge is -2.18. The maximum Gasteiger partial charge on any atom is 0.194 e. The molecular weight excluding hydrogens is 372 g/mol. The van der Waals surface area contributed by atoms with Crippen molar-refractivity contribution in [1.29, 1.82) is 0 Å². The summed E-state index contributed by atoms with van der Waals surface area (Å²) in [5, 5.41) is 0. The summed E-state index contributed by atoms with van der Waals surface area (Å²) in [5.41, 5.74) is 4.49. The minimum absolute atomic E-state index is 0.0596. The summed E-state index contributed by atoms with van der Waals surface area (Å²) in [4.78, 5) is 38.6. The molecule has 0 aliphatic heterocycles. The summed E-state index contributed by atoms with van der Waals surface area (Å²) in [5.74, 6) is -0.353. The van der Waals surface area contributed by atoms with Gasteiger partial charge in [-0.05, 0) is 29.3 Å². The minimum atomic E-state index is -0.154. The highest BCUT2D eigenvalue weighted by Crippen LogP contribution is 2.31. The first-order valence-electron chi connectivity index (χ1n) is 9.66. The van der Waals surface area contributed by atoms with Crippen LogP contribution in [-0.2, 0) is 0 Å². The van der Waals surface area contributed by atoms with Gasteiger partial charge in [0.05, 0.1) is 0 Å². The van der Waals surface area contributed by atoms with Crippen molar-refractivity contribution in [2.75, 3.05) is 0 Å². The van der Waals surface area contributed by atoms with Gasteiger partial charge in [0.1, 0.15) is 0 Å². The van der Waals surface area contributed by atoms with Gasteiger partial charge >= 0.3 is 0 Å². The van der Waals surface area contributed by atoms with E-state index in [4.69, 9.17) is 0 Å². The smallest absolute Gasteiger partial charge is 0.194 e. The van der Waals surface area contributed by atoms with E-state index in [9.17, 15) is 14.4 Å². The molecule has 0 unspecified atom stereocenters. The molecule has 0 saturated heterocycles. The molecule has 3 heteroatoms. The Morgan fingerprint density at radius 3 is 1.77 bits per heavy atom. The van der Waals surface area contributed by atoms with Gasteiger partial charge in [-0.25, -0.2) is 0 Å². The van der Waals surface area contributed by atoms with Gasteiger partial charge in [-0.2, -0.15) is 0 Å². The molecule has 4 aromatic rings. The third-order valence-electron chi connectivity index (χ3n) is 5.42. The zero-order chi connectivity index (χ0) is 20.7. The molecule has 0 heterocycles. The fraction of sp³-hybridized carbons (Fsp3) is 0. The normalized spacial score (nSPS) is 12.3. The molecule has 1 aliphatic carbocycles. The van der Waals surface area contributed by atoms with Crippen molar-refractivity contribution >= 4 is 17.3 Å². The number of rotatable bonds is 3. The number of carbonyl (C=O) groups excluding carboxylic acids is 3. The van der Waals surface area contributed by atoms with Crippen LogP contribution in [0, 0.1) is 0 Å². The van der Waals surface area contributed by atoms with Crippen LogP contribution in [0.15, 0.2) is 97.1 Å². The van der Waals surface area contributed by atoms with Crippen molar-refractivity contribution in [3.8, 4) is 11.1 Å². The molecule has 142 valence electrons. The molecule has 0 N–H and O–H groups in total. The molecule has 5 rings (SSSR count). The lowest BCUT2D eigenvalue weighted by molar-refractivity contribution is 0.0979. The van der Waals surface area contributed by atoms with E-state index in [2.05, 4.69) is 0 Å². The number of carbonyl (C=O) groups is 3. The molecule has 0 amide bonds. The van der Waals surface area contributed by atoms with Gasteiger partial charge in [0.15, 0.2) is 17.3 Å². The third kappa shape index (κ3) is 2.88. The van der Waals surface area contributed by atoms with E-state index >= 15 is 0 Å². The average Bonchev–Trinajstić information content (AvgIpc) is 2.82. The summed E-state index contributed by atoms with van der Waals surface area (Å²) in [6.45, 7) is 0. The van der Waals surface area contributed by atoms with Gasteiger partial charge in [0, 0.05) is 33.4 Å². The van der Waals surface area contributed by atoms with E-state index in [0.29, 0.717) is 33.4 Å². The monoisotopic (exact) mass is 388 g/mol. The van der Waals surface area contributed by atoms with Crippen LogP contribution in [0.4, 0.5) is 0 Å². The molecular formula is C27H16O3. The van der Waals surface area contributed by atoms with Crippen LogP contribution in [0.1, 0.15) is 47.8 Å². The summed E-state index contributed by atoms with van der Waals surface area (Å²) < 4.78 is 0. The number of hydrogen-bond acceptors (Lipinski definition) is 3. The highest BCUT2D eigenvalue weighted by atomic mass is 16.1. The highest BCUT2D eigenvalue weighted by Gasteiger charge is 2.29. The SMILES string of the molecule is O=C(c1ccccc1)c1cccc(-c2ccc3c(c2)C(=O)c2ccccc2C3=O)c1. The molecule has 1 aliphatic rings. The maximum atomic E-state index is 13.0. The zero-order valence-electron chi connectivity index (χ0n) is 16.0. The Hall–Kier alpha value is -4.11. The van der Waals surface area contributed by atoms with Gasteiger partial charge < -0.3 is 0 Å². The number of benzene rings is 4. The van der Waals surface area contributed by atoms with Crippen LogP contribution in [-0.4, -0.2) is 17.3 Å². The van der Waals surface area contributed by atoms with Crippen molar-refractivity contribution < 1.29 is 14.4 Å². The number of fused-ring (bicyclic) bond motifs is 2. The van der Waals surface area contributed by atoms with Crippen LogP contribution < -0.4 is 0 Å². The average molecular weight is 388 g/mol. The molecule has 0 spiro atoms. The summed E-state index contributed by atoms with van der Waals surface area (Å²) in [6.07, 6.45) is 0. The van der Waals surface area contributed by atoms with Crippen LogP contribution in [0.25, 0.3) is 11.1 Å². The second-order valence-electron chi connectivity index (χ2n) is 7.24. The standard InChI is InChI=1S/C27H16O3/c28-25(17-7-2-1-3-8-17)20-10-6-9-18(15-20)19-13-14-23-24(16-19)27(30)22-12-5-4-11-21(22)26(23)29/h1-16H. The maximum absolute atomic E-state index is 13.0. The Morgan fingerprint density at radius 2 is 1.03 bits per heavy atom. The van der Waals surface area contributed by atoms with Crippen LogP contribution in [0.5, 0.6) is 0 Å². The summed E-state index contributed by atoms with van der Waals surface area (Å²) in [6, 6.07) is 28.6. The molecule has 0 fully saturated rings. The predicted octanol–water partition coefficient (Wildman–Crippen LogP) is 5.36. The lowest BCUT2D eigenvalue weighted by atomic mass is 9.82. The Bertz CT molecular complexity index is 1330. The quantitative estimate of drug-likeness (QED) is 0.391. The molecule has 3 nitrogen and oxygen atoms in total. The third-order valence-corrected chi connectivity index (χ3v) is 5.42. The van der Waals surface area contributed by atoms with Gasteiger partial charge in [0.2, 0.25) is 0 Å². The Morgan fingerprint density at radius 1 is 0.467 bits per heavy atom. The van der Waals surface area contributed by atoms with E-state index < -0.39 is 0 Å². The fourth-order valence-corrected chi connectivity index (χ4v) is 3.88. The van der Waals surface area contributed by atoms with Crippen LogP contribution >= 0.6 is 0 Å². The zero-order valence-corrected chi connectivity index (χ0v) is 16.0. The van der Waals surface area contributed by atoms with E-state index in [1.54, 1.807) is 54.6 Å². The molecule has 0 atom stereocenters. The van der Waals surface area contributed by atoms with Crippen molar-refractivity contribution in [2.45, 2.75) is 0 Å². The molecule has 30 heavy (non-hydrogen) atoms. The van der Waals surface area contributed by atoms with Crippen LogP contribution in [0.2, 0.25) is 0 Å². The van der Waals surface area contributed by atoms with Gasteiger partial charge in [-0.3, -0.25) is 14.4 Å². The predicted molar refractivity (Wildman–Crippen MR) is 115 cm³/mol.